The first kappa shape index (κ1) is 214. The Morgan fingerprint density at radius 2 is 0.297 bits per heavy atom. The first-order chi connectivity index (χ1) is 5.54. The van der Waals surface area contributed by atoms with Gasteiger partial charge in [0.15, 0.2) is 0 Å². The molecule has 37 heavy (non-hydrogen) atoms. The van der Waals surface area contributed by atoms with Crippen molar-refractivity contribution in [2.75, 3.05) is 0 Å². The molecule has 0 aromatic rings. The van der Waals surface area contributed by atoms with E-state index in [0.29, 0.717) is 11.8 Å². The normalized spacial score (nSPS) is 2.43. The minimum atomic E-state index is 0. The summed E-state index contributed by atoms with van der Waals surface area (Å²) < 4.78 is 6.22. The van der Waals surface area contributed by atoms with Gasteiger partial charge in [-0.2, -0.15) is 0 Å². The van der Waals surface area contributed by atoms with E-state index in [0.717, 1.165) is 0 Å². The first-order valence-corrected chi connectivity index (χ1v) is 17.4. The Morgan fingerprint density at radius 3 is 0.297 bits per heavy atom. The number of rotatable bonds is 2. The summed E-state index contributed by atoms with van der Waals surface area (Å²) in [7, 11) is 0. The van der Waals surface area contributed by atoms with Crippen LogP contribution in [0.2, 0.25) is 0 Å². The molecule has 0 aromatic carbocycles. The van der Waals surface area contributed by atoms with Crippen LogP contribution in [0.3, 0.4) is 0 Å². The molecule has 0 radical (unpaired) electrons. The molecule has 0 atom stereocenters. The predicted octanol–water partition coefficient (Wildman–Crippen LogP) is 1.67. The van der Waals surface area contributed by atoms with E-state index in [2.05, 4.69) is 36.5 Å². The van der Waals surface area contributed by atoms with Gasteiger partial charge >= 0.3 is 119 Å². The Bertz CT molecular complexity index is 104. The van der Waals surface area contributed by atoms with Gasteiger partial charge in [-0.1, -0.05) is 0 Å². The quantitative estimate of drug-likeness (QED) is 0.370. The maximum atomic E-state index is 3.11. The summed E-state index contributed by atoms with van der Waals surface area (Å²) in [5, 5.41) is 0. The molecule has 0 bridgehead atoms. The van der Waals surface area contributed by atoms with Crippen molar-refractivity contribution < 1.29 is 598 Å². The molecule has 0 rings (SSSR count). The van der Waals surface area contributed by atoms with Gasteiger partial charge in [0.1, 0.15) is 0 Å². The van der Waals surface area contributed by atoms with Crippen LogP contribution in [-0.4, -0.2) is 8.80 Å². The van der Waals surface area contributed by atoms with Gasteiger partial charge in [-0.05, 0) is 0 Å². The average molecular weight is 5440 g/mol. The number of hydrogen-bond acceptors (Lipinski definition) is 0. The van der Waals surface area contributed by atoms with Gasteiger partial charge in [-0.25, -0.2) is 0 Å². The van der Waals surface area contributed by atoms with E-state index in [1.807, 2.05) is 0 Å². The van der Waals surface area contributed by atoms with Crippen molar-refractivity contribution in [3.05, 3.63) is 0 Å². The van der Waals surface area contributed by atoms with Gasteiger partial charge in [0.25, 0.3) is 0 Å². The third kappa shape index (κ3) is 286. The molecule has 0 spiro atoms. The summed E-state index contributed by atoms with van der Waals surface area (Å²) in [4.78, 5) is 0. The van der Waals surface area contributed by atoms with E-state index in [-0.39, 0.29) is 527 Å². The molecule has 0 saturated heterocycles. The Hall–Kier alpha value is 19.7. The van der Waals surface area contributed by atoms with Crippen molar-refractivity contribution in [1.82, 2.24) is 0 Å². The summed E-state index contributed by atoms with van der Waals surface area (Å²) in [6, 6.07) is 0. The van der Waals surface area contributed by atoms with Crippen LogP contribution in [0.15, 0.2) is 0 Å². The molecule has 0 N–H and O–H groups in total. The Morgan fingerprint density at radius 1 is 0.270 bits per heavy atom. The van der Waals surface area contributed by atoms with Gasteiger partial charge in [0, 0.05) is 527 Å². The van der Waals surface area contributed by atoms with E-state index in [4.69, 9.17) is 0 Å². The van der Waals surface area contributed by atoms with E-state index in [9.17, 15) is 0 Å². The van der Waals surface area contributed by atoms with Gasteiger partial charge in [-0.3, -0.25) is 0 Å². The number of hydrogen-bond donors (Lipinski definition) is 0. The van der Waals surface area contributed by atoms with Crippen LogP contribution in [0.25, 0.3) is 0 Å². The molecular weight excluding hydrogens is 5430 g/mol. The molecule has 0 saturated carbocycles. The van der Waals surface area contributed by atoms with E-state index < -0.39 is 0 Å². The van der Waals surface area contributed by atoms with Crippen molar-refractivity contribution in [3.8, 4) is 0 Å². The minimum absolute atomic E-state index is 0. The van der Waals surface area contributed by atoms with Crippen LogP contribution in [0.4, 0.5) is 0 Å². The molecule has 29 heteroatoms. The Kier molecular flexibility index (Phi) is 1250. The summed E-state index contributed by atoms with van der Waals surface area (Å²) in [5.41, 5.74) is 0. The fourth-order valence-electron chi connectivity index (χ4n) is 0. The monoisotopic (exact) mass is 5440 g/mol. The Balaban J connectivity index is -0.000000000964. The van der Waals surface area contributed by atoms with Gasteiger partial charge < -0.3 is 0 Å². The summed E-state index contributed by atoms with van der Waals surface area (Å²) >= 11 is 6.24. The maximum absolute atomic E-state index is 3.11. The molecule has 0 nitrogen and oxygen atoms in total. The van der Waals surface area contributed by atoms with Crippen LogP contribution in [0, 0.1) is 11.8 Å². The van der Waals surface area contributed by atoms with E-state index in [1.54, 1.807) is 32.4 Å². The molecule has 0 aliphatic rings. The van der Waals surface area contributed by atoms with E-state index >= 15 is 0 Å². The third-order valence-electron chi connectivity index (χ3n) is 0.471. The zero-order valence-electron chi connectivity index (χ0n) is 18.0. The van der Waals surface area contributed by atoms with Crippen LogP contribution >= 0.6 is 0 Å². The summed E-state index contributed by atoms with van der Waals surface area (Å²) in [6.45, 7) is 8.53. The summed E-state index contributed by atoms with van der Waals surface area (Å²) in [6.07, 6.45) is 0. The van der Waals surface area contributed by atoms with Crippen molar-refractivity contribution in [2.24, 2.45) is 11.8 Å². The Labute approximate surface area is 627 Å². The van der Waals surface area contributed by atoms with Crippen molar-refractivity contribution in [2.45, 2.75) is 27.7 Å². The molecule has 0 heterocycles. The second-order valence-corrected chi connectivity index (χ2v) is 4.24. The molecule has 0 fully saturated rings. The fraction of sp³-hybridized carbons (Fsp3) is 0.750. The molecule has 0 aromatic heterocycles. The first-order valence-electron chi connectivity index (χ1n) is 3.46. The van der Waals surface area contributed by atoms with Crippen LogP contribution in [0.5, 0.6) is 0 Å². The SMILES string of the molecule is CC(C)[C-]=[W].CC(C)[C-]=[W].[W].[W].[W].[W].[W].[W].[W].[W].[W].[W].[W].[W].[W].[W].[W].[W].[W].[W].[W].[W].[W].[W].[W].[W].[W].[W]=[W]. The van der Waals surface area contributed by atoms with Gasteiger partial charge in [-0.15, -0.1) is 0 Å². The van der Waals surface area contributed by atoms with Gasteiger partial charge in [0.2, 0.25) is 0 Å². The standard InChI is InChI=1S/2C4H7.29W/c2*1-4(2)3;;;;;;;;;;;;;;;;;;;;;;;;;;;;;/h2*4H,1-2H3;;;;;;;;;;;;;;;;;;;;;;;;;;;;;/q2*-1;;;;;;;;;;;;;;;;;;;;;;;;;;;;;. The summed E-state index contributed by atoms with van der Waals surface area (Å²) in [5.74, 6) is 1.34. The fourth-order valence-corrected chi connectivity index (χ4v) is 0. The molecule has 222 valence electrons. The second kappa shape index (κ2) is 217. The van der Waals surface area contributed by atoms with E-state index in [1.165, 1.54) is 38.7 Å². The van der Waals surface area contributed by atoms with Crippen molar-refractivity contribution >= 4 is 8.80 Å². The van der Waals surface area contributed by atoms with Crippen molar-refractivity contribution in [1.29, 1.82) is 0 Å². The van der Waals surface area contributed by atoms with Crippen LogP contribution in [0.1, 0.15) is 27.7 Å². The van der Waals surface area contributed by atoms with Crippen LogP contribution in [-0.2, 0) is 598 Å². The molecule has 0 unspecified atom stereocenters. The molecule has 0 amide bonds. The topological polar surface area (TPSA) is 0 Å². The zero-order chi connectivity index (χ0) is 10.6. The van der Waals surface area contributed by atoms with Crippen LogP contribution < -0.4 is 0 Å². The second-order valence-electron chi connectivity index (χ2n) is 2.55. The third-order valence-corrected chi connectivity index (χ3v) is 3.86. The molecule has 0 aliphatic carbocycles. The molecule has 0 aliphatic heterocycles. The predicted molar refractivity (Wildman–Crippen MR) is 39.7 cm³/mol. The molecular formula is C8H14W29-2. The average Bonchev–Trinajstić information content (AvgIpc) is 2.09. The van der Waals surface area contributed by atoms with Crippen molar-refractivity contribution in [3.63, 3.8) is 0 Å². The van der Waals surface area contributed by atoms with Gasteiger partial charge in [0.05, 0.1) is 0 Å². The zero-order valence-corrected chi connectivity index (χ0v) is 103.